The summed E-state index contributed by atoms with van der Waals surface area (Å²) in [5, 5.41) is 3.26. The zero-order chi connectivity index (χ0) is 25.2. The Bertz CT molecular complexity index is 1060. The molecule has 1 aromatic carbocycles. The van der Waals surface area contributed by atoms with Crippen molar-refractivity contribution in [3.05, 3.63) is 46.3 Å². The minimum atomic E-state index is -0.946. The fraction of sp³-hybridized carbons (Fsp3) is 0.500. The lowest BCUT2D eigenvalue weighted by atomic mass is 9.69. The van der Waals surface area contributed by atoms with Crippen LogP contribution in [0.3, 0.4) is 0 Å². The van der Waals surface area contributed by atoms with Crippen LogP contribution < -0.4 is 14.8 Å². The maximum Gasteiger partial charge on any atom is 0.337 e. The molecule has 8 heteroatoms. The standard InChI is InChI=1S/C26H33NO7/c1-8-14(3)34-26(30)21-15(4)27-17-11-13(2)20(25(29)33-7)24(28)23(17)22(21)16-9-10-18(31-5)19(12-16)32-6/h9-10,12-14,20,22,27H,8,11H2,1-7H3/t13-,14+,20-,22-/m0/s1. The molecule has 0 radical (unpaired) electrons. The largest absolute Gasteiger partial charge is 0.493 e. The zero-order valence-corrected chi connectivity index (χ0v) is 20.8. The molecule has 8 nitrogen and oxygen atoms in total. The number of hydrogen-bond acceptors (Lipinski definition) is 8. The number of allylic oxidation sites excluding steroid dienone is 3. The van der Waals surface area contributed by atoms with Gasteiger partial charge in [-0.3, -0.25) is 9.59 Å². The Morgan fingerprint density at radius 2 is 1.82 bits per heavy atom. The molecule has 0 unspecified atom stereocenters. The molecule has 0 aromatic heterocycles. The Morgan fingerprint density at radius 3 is 2.41 bits per heavy atom. The van der Waals surface area contributed by atoms with E-state index in [1.807, 2.05) is 20.8 Å². The number of benzene rings is 1. The second kappa shape index (κ2) is 10.3. The number of dihydropyridines is 1. The Balaban J connectivity index is 2.21. The van der Waals surface area contributed by atoms with Gasteiger partial charge in [-0.2, -0.15) is 0 Å². The number of ketones is 1. The Kier molecular flexibility index (Phi) is 7.69. The van der Waals surface area contributed by atoms with Crippen LogP contribution in [-0.2, 0) is 23.9 Å². The van der Waals surface area contributed by atoms with E-state index in [1.165, 1.54) is 21.3 Å². The van der Waals surface area contributed by atoms with Crippen molar-refractivity contribution in [1.29, 1.82) is 0 Å². The molecule has 1 aliphatic carbocycles. The predicted octanol–water partition coefficient (Wildman–Crippen LogP) is 3.66. The molecule has 0 bridgehead atoms. The third-order valence-corrected chi connectivity index (χ3v) is 6.59. The van der Waals surface area contributed by atoms with Crippen molar-refractivity contribution >= 4 is 17.7 Å². The molecule has 1 N–H and O–H groups in total. The van der Waals surface area contributed by atoms with Gasteiger partial charge < -0.3 is 24.3 Å². The van der Waals surface area contributed by atoms with Gasteiger partial charge in [0.05, 0.1) is 33.0 Å². The molecule has 0 amide bonds. The van der Waals surface area contributed by atoms with Crippen LogP contribution in [0.4, 0.5) is 0 Å². The third kappa shape index (κ3) is 4.54. The predicted molar refractivity (Wildman–Crippen MR) is 125 cm³/mol. The summed E-state index contributed by atoms with van der Waals surface area (Å²) in [6, 6.07) is 5.28. The number of Topliss-reactive ketones (excluding diaryl/α,β-unsaturated/α-hetero) is 1. The van der Waals surface area contributed by atoms with Crippen molar-refractivity contribution in [2.24, 2.45) is 11.8 Å². The van der Waals surface area contributed by atoms with E-state index in [2.05, 4.69) is 5.32 Å². The summed E-state index contributed by atoms with van der Waals surface area (Å²) in [5.74, 6) is -2.38. The Morgan fingerprint density at radius 1 is 1.15 bits per heavy atom. The fourth-order valence-corrected chi connectivity index (χ4v) is 4.65. The number of methoxy groups -OCH3 is 3. The monoisotopic (exact) mass is 471 g/mol. The molecule has 2 aliphatic rings. The third-order valence-electron chi connectivity index (χ3n) is 6.59. The summed E-state index contributed by atoms with van der Waals surface area (Å²) in [4.78, 5) is 39.6. The lowest BCUT2D eigenvalue weighted by molar-refractivity contribution is -0.151. The number of carbonyl (C=O) groups excluding carboxylic acids is 3. The molecule has 0 fully saturated rings. The number of hydrogen-bond donors (Lipinski definition) is 1. The number of esters is 2. The molecule has 1 aliphatic heterocycles. The average molecular weight is 472 g/mol. The van der Waals surface area contributed by atoms with Gasteiger partial charge in [-0.1, -0.05) is 19.9 Å². The van der Waals surface area contributed by atoms with Crippen LogP contribution in [-0.4, -0.2) is 45.2 Å². The topological polar surface area (TPSA) is 100 Å². The normalized spacial score (nSPS) is 23.0. The minimum absolute atomic E-state index is 0.251. The fourth-order valence-electron chi connectivity index (χ4n) is 4.65. The average Bonchev–Trinajstić information content (AvgIpc) is 2.82. The molecule has 184 valence electrons. The van der Waals surface area contributed by atoms with E-state index in [4.69, 9.17) is 18.9 Å². The van der Waals surface area contributed by atoms with E-state index in [1.54, 1.807) is 25.1 Å². The molecule has 0 spiro atoms. The quantitative estimate of drug-likeness (QED) is 0.475. The molecule has 4 atom stereocenters. The summed E-state index contributed by atoms with van der Waals surface area (Å²) in [6.07, 6.45) is 0.830. The highest BCUT2D eigenvalue weighted by Gasteiger charge is 2.47. The summed E-state index contributed by atoms with van der Waals surface area (Å²) in [5.41, 5.74) is 2.69. The van der Waals surface area contributed by atoms with Crippen molar-refractivity contribution in [2.45, 2.75) is 52.6 Å². The molecule has 1 heterocycles. The van der Waals surface area contributed by atoms with E-state index < -0.39 is 23.8 Å². The van der Waals surface area contributed by atoms with Crippen molar-refractivity contribution in [3.8, 4) is 11.5 Å². The van der Waals surface area contributed by atoms with Gasteiger partial charge in [0, 0.05) is 22.9 Å². The zero-order valence-electron chi connectivity index (χ0n) is 20.8. The molecular formula is C26H33NO7. The van der Waals surface area contributed by atoms with Crippen molar-refractivity contribution in [3.63, 3.8) is 0 Å². The van der Waals surface area contributed by atoms with Gasteiger partial charge >= 0.3 is 11.9 Å². The first kappa shape index (κ1) is 25.3. The maximum absolute atomic E-state index is 13.8. The van der Waals surface area contributed by atoms with Crippen LogP contribution in [0.25, 0.3) is 0 Å². The minimum Gasteiger partial charge on any atom is -0.493 e. The Hall–Kier alpha value is -3.29. The smallest absolute Gasteiger partial charge is 0.337 e. The van der Waals surface area contributed by atoms with Crippen LogP contribution in [0, 0.1) is 11.8 Å². The highest BCUT2D eigenvalue weighted by molar-refractivity contribution is 6.12. The van der Waals surface area contributed by atoms with Gasteiger partial charge in [-0.05, 0) is 50.3 Å². The lowest BCUT2D eigenvalue weighted by Gasteiger charge is -2.38. The Labute approximate surface area is 200 Å². The number of rotatable bonds is 7. The summed E-state index contributed by atoms with van der Waals surface area (Å²) >= 11 is 0. The highest BCUT2D eigenvalue weighted by Crippen LogP contribution is 2.46. The molecule has 0 saturated heterocycles. The van der Waals surface area contributed by atoms with Gasteiger partial charge in [0.2, 0.25) is 0 Å². The number of ether oxygens (including phenoxy) is 4. The second-order valence-corrected chi connectivity index (χ2v) is 8.77. The van der Waals surface area contributed by atoms with Crippen LogP contribution in [0.5, 0.6) is 11.5 Å². The van der Waals surface area contributed by atoms with E-state index in [0.29, 0.717) is 52.4 Å². The van der Waals surface area contributed by atoms with Gasteiger partial charge in [0.15, 0.2) is 17.3 Å². The molecule has 0 saturated carbocycles. The van der Waals surface area contributed by atoms with Gasteiger partial charge in [0.1, 0.15) is 5.92 Å². The lowest BCUT2D eigenvalue weighted by Crippen LogP contribution is -2.43. The van der Waals surface area contributed by atoms with Gasteiger partial charge in [-0.15, -0.1) is 0 Å². The van der Waals surface area contributed by atoms with Crippen LogP contribution >= 0.6 is 0 Å². The van der Waals surface area contributed by atoms with Crippen molar-refractivity contribution < 1.29 is 33.3 Å². The maximum atomic E-state index is 13.8. The first-order valence-corrected chi connectivity index (χ1v) is 11.4. The number of carbonyl (C=O) groups is 3. The first-order chi connectivity index (χ1) is 16.2. The summed E-state index contributed by atoms with van der Waals surface area (Å²) in [7, 11) is 4.33. The van der Waals surface area contributed by atoms with Gasteiger partial charge in [-0.25, -0.2) is 4.79 Å². The molecule has 1 aromatic rings. The number of nitrogens with one attached hydrogen (secondary N) is 1. The first-order valence-electron chi connectivity index (χ1n) is 11.4. The summed E-state index contributed by atoms with van der Waals surface area (Å²) in [6.45, 7) is 7.40. The van der Waals surface area contributed by atoms with Gasteiger partial charge in [0.25, 0.3) is 0 Å². The van der Waals surface area contributed by atoms with E-state index >= 15 is 0 Å². The van der Waals surface area contributed by atoms with E-state index in [-0.39, 0.29) is 17.8 Å². The van der Waals surface area contributed by atoms with Crippen molar-refractivity contribution in [1.82, 2.24) is 5.32 Å². The second-order valence-electron chi connectivity index (χ2n) is 8.77. The SMILES string of the molecule is CC[C@@H](C)OC(=O)C1=C(C)NC2=C(C(=O)[C@@H](C(=O)OC)[C@@H](C)C2)[C@H]1c1ccc(OC)c(OC)c1. The van der Waals surface area contributed by atoms with Crippen LogP contribution in [0.1, 0.15) is 52.0 Å². The molecule has 3 rings (SSSR count). The van der Waals surface area contributed by atoms with Crippen molar-refractivity contribution in [2.75, 3.05) is 21.3 Å². The molecular weight excluding hydrogens is 438 g/mol. The van der Waals surface area contributed by atoms with E-state index in [9.17, 15) is 14.4 Å². The van der Waals surface area contributed by atoms with Crippen LogP contribution in [0.2, 0.25) is 0 Å². The van der Waals surface area contributed by atoms with E-state index in [0.717, 1.165) is 0 Å². The highest BCUT2D eigenvalue weighted by atomic mass is 16.5. The molecule has 34 heavy (non-hydrogen) atoms. The summed E-state index contributed by atoms with van der Waals surface area (Å²) < 4.78 is 21.5. The van der Waals surface area contributed by atoms with Crippen LogP contribution in [0.15, 0.2) is 40.7 Å².